The van der Waals surface area contributed by atoms with E-state index >= 15 is 0 Å². The van der Waals surface area contributed by atoms with Crippen LogP contribution in [0.1, 0.15) is 117 Å². The first kappa shape index (κ1) is 24.2. The average molecular weight is 380 g/mol. The molecule has 1 aliphatic heterocycles. The van der Waals surface area contributed by atoms with Gasteiger partial charge in [0.2, 0.25) is 0 Å². The standard InChI is InChI=1S/C24H45NO2/c1-3-5-6-7-8-9-10-11-12-13-14-15-16-17-18-19-20-23-25-24(4-2,21-26)22-27-23/h11-12,26H,3-10,13-22H2,1-2H3. The fourth-order valence-corrected chi connectivity index (χ4v) is 3.57. The second-order valence-electron chi connectivity index (χ2n) is 8.22. The maximum atomic E-state index is 9.45. The van der Waals surface area contributed by atoms with Crippen molar-refractivity contribution in [2.75, 3.05) is 13.2 Å². The number of aliphatic hydroxyl groups is 1. The van der Waals surface area contributed by atoms with E-state index in [1.165, 1.54) is 83.5 Å². The molecule has 158 valence electrons. The number of aliphatic hydroxyl groups excluding tert-OH is 1. The summed E-state index contributed by atoms with van der Waals surface area (Å²) in [6, 6.07) is 0. The van der Waals surface area contributed by atoms with Crippen molar-refractivity contribution in [1.82, 2.24) is 0 Å². The summed E-state index contributed by atoms with van der Waals surface area (Å²) in [5.41, 5.74) is -0.349. The van der Waals surface area contributed by atoms with Crippen molar-refractivity contribution < 1.29 is 9.84 Å². The Balaban J connectivity index is 1.85. The van der Waals surface area contributed by atoms with E-state index < -0.39 is 0 Å². The minimum atomic E-state index is -0.349. The third-order valence-electron chi connectivity index (χ3n) is 5.72. The van der Waals surface area contributed by atoms with Crippen molar-refractivity contribution in [3.63, 3.8) is 0 Å². The van der Waals surface area contributed by atoms with Crippen LogP contribution < -0.4 is 0 Å². The molecule has 0 amide bonds. The molecule has 0 radical (unpaired) electrons. The zero-order valence-electron chi connectivity index (χ0n) is 18.2. The molecule has 1 rings (SSSR count). The molecule has 0 aromatic rings. The summed E-state index contributed by atoms with van der Waals surface area (Å²) in [5, 5.41) is 9.45. The van der Waals surface area contributed by atoms with Gasteiger partial charge in [0.25, 0.3) is 0 Å². The zero-order valence-corrected chi connectivity index (χ0v) is 18.2. The van der Waals surface area contributed by atoms with E-state index in [-0.39, 0.29) is 12.1 Å². The fourth-order valence-electron chi connectivity index (χ4n) is 3.57. The summed E-state index contributed by atoms with van der Waals surface area (Å²) in [7, 11) is 0. The normalized spacial score (nSPS) is 19.6. The third kappa shape index (κ3) is 11.6. The van der Waals surface area contributed by atoms with E-state index in [9.17, 15) is 5.11 Å². The second kappa shape index (κ2) is 16.2. The molecule has 0 saturated heterocycles. The van der Waals surface area contributed by atoms with E-state index in [1.807, 2.05) is 0 Å². The van der Waals surface area contributed by atoms with Gasteiger partial charge in [0.15, 0.2) is 5.90 Å². The first-order valence-corrected chi connectivity index (χ1v) is 11.7. The molecule has 1 heterocycles. The summed E-state index contributed by atoms with van der Waals surface area (Å²) in [6.45, 7) is 5.00. The van der Waals surface area contributed by atoms with Crippen molar-refractivity contribution in [2.45, 2.75) is 122 Å². The molecule has 0 aromatic carbocycles. The molecule has 1 aliphatic rings. The molecule has 3 nitrogen and oxygen atoms in total. The van der Waals surface area contributed by atoms with Crippen LogP contribution in [0.25, 0.3) is 0 Å². The highest BCUT2D eigenvalue weighted by Gasteiger charge is 2.33. The molecule has 0 saturated carbocycles. The van der Waals surface area contributed by atoms with Crippen LogP contribution in [-0.2, 0) is 4.74 Å². The topological polar surface area (TPSA) is 41.8 Å². The number of ether oxygens (including phenoxy) is 1. The smallest absolute Gasteiger partial charge is 0.184 e. The number of hydrogen-bond donors (Lipinski definition) is 1. The molecule has 1 N–H and O–H groups in total. The van der Waals surface area contributed by atoms with Gasteiger partial charge < -0.3 is 9.84 Å². The van der Waals surface area contributed by atoms with Crippen LogP contribution in [0, 0.1) is 0 Å². The lowest BCUT2D eigenvalue weighted by Crippen LogP contribution is -2.31. The molecule has 1 unspecified atom stereocenters. The first-order chi connectivity index (χ1) is 13.3. The Morgan fingerprint density at radius 1 is 0.852 bits per heavy atom. The van der Waals surface area contributed by atoms with Crippen molar-refractivity contribution in [2.24, 2.45) is 4.99 Å². The van der Waals surface area contributed by atoms with Crippen LogP contribution in [0.2, 0.25) is 0 Å². The predicted molar refractivity (Wildman–Crippen MR) is 118 cm³/mol. The minimum absolute atomic E-state index is 0.0976. The number of unbranched alkanes of at least 4 members (excludes halogenated alkanes) is 12. The molecule has 0 aromatic heterocycles. The van der Waals surface area contributed by atoms with Gasteiger partial charge in [-0.2, -0.15) is 0 Å². The molecule has 27 heavy (non-hydrogen) atoms. The highest BCUT2D eigenvalue weighted by atomic mass is 16.5. The fraction of sp³-hybridized carbons (Fsp3) is 0.875. The lowest BCUT2D eigenvalue weighted by Gasteiger charge is -2.17. The summed E-state index contributed by atoms with van der Waals surface area (Å²) < 4.78 is 5.66. The maximum absolute atomic E-state index is 9.45. The highest BCUT2D eigenvalue weighted by molar-refractivity contribution is 5.78. The van der Waals surface area contributed by atoms with Crippen molar-refractivity contribution >= 4 is 5.90 Å². The van der Waals surface area contributed by atoms with Gasteiger partial charge >= 0.3 is 0 Å². The van der Waals surface area contributed by atoms with Gasteiger partial charge in [0.1, 0.15) is 12.1 Å². The van der Waals surface area contributed by atoms with Crippen LogP contribution in [0.4, 0.5) is 0 Å². The van der Waals surface area contributed by atoms with Crippen LogP contribution in [0.15, 0.2) is 17.1 Å². The Morgan fingerprint density at radius 3 is 1.93 bits per heavy atom. The number of nitrogens with zero attached hydrogens (tertiary/aromatic N) is 1. The second-order valence-corrected chi connectivity index (χ2v) is 8.22. The minimum Gasteiger partial charge on any atom is -0.478 e. The van der Waals surface area contributed by atoms with Crippen molar-refractivity contribution in [3.05, 3.63) is 12.2 Å². The predicted octanol–water partition coefficient (Wildman–Crippen LogP) is 6.98. The largest absolute Gasteiger partial charge is 0.478 e. The Bertz CT molecular complexity index is 399. The molecular weight excluding hydrogens is 334 g/mol. The number of allylic oxidation sites excluding steroid dienone is 2. The Labute approximate surface area is 168 Å². The molecule has 0 aliphatic carbocycles. The SMILES string of the molecule is CCCCCCCCC=CCCCCCCCCC1=NC(CC)(CO)CO1. The molecule has 0 bridgehead atoms. The lowest BCUT2D eigenvalue weighted by molar-refractivity contribution is 0.153. The third-order valence-corrected chi connectivity index (χ3v) is 5.72. The molecule has 3 heteroatoms. The Kier molecular flexibility index (Phi) is 14.5. The summed E-state index contributed by atoms with van der Waals surface area (Å²) >= 11 is 0. The van der Waals surface area contributed by atoms with E-state index in [1.54, 1.807) is 0 Å². The molecular formula is C24H45NO2. The van der Waals surface area contributed by atoms with E-state index in [0.29, 0.717) is 6.61 Å². The molecule has 0 spiro atoms. The quantitative estimate of drug-likeness (QED) is 0.206. The van der Waals surface area contributed by atoms with Crippen LogP contribution in [-0.4, -0.2) is 29.8 Å². The van der Waals surface area contributed by atoms with Crippen molar-refractivity contribution in [1.29, 1.82) is 0 Å². The average Bonchev–Trinajstić information content (AvgIpc) is 3.12. The molecule has 0 fully saturated rings. The van der Waals surface area contributed by atoms with Gasteiger partial charge in [-0.05, 0) is 38.5 Å². The van der Waals surface area contributed by atoms with Gasteiger partial charge in [-0.25, -0.2) is 4.99 Å². The van der Waals surface area contributed by atoms with Gasteiger partial charge in [-0.3, -0.25) is 0 Å². The summed E-state index contributed by atoms with van der Waals surface area (Å²) in [4.78, 5) is 4.60. The molecule has 1 atom stereocenters. The lowest BCUT2D eigenvalue weighted by atomic mass is 10.0. The Hall–Kier alpha value is -0.830. The Morgan fingerprint density at radius 2 is 1.41 bits per heavy atom. The van der Waals surface area contributed by atoms with Crippen LogP contribution in [0.5, 0.6) is 0 Å². The van der Waals surface area contributed by atoms with Crippen molar-refractivity contribution in [3.8, 4) is 0 Å². The van der Waals surface area contributed by atoms with Gasteiger partial charge in [-0.15, -0.1) is 0 Å². The van der Waals surface area contributed by atoms with E-state index in [0.717, 1.165) is 25.2 Å². The first-order valence-electron chi connectivity index (χ1n) is 11.7. The monoisotopic (exact) mass is 379 g/mol. The van der Waals surface area contributed by atoms with Gasteiger partial charge in [0.05, 0.1) is 6.61 Å². The van der Waals surface area contributed by atoms with Gasteiger partial charge in [-0.1, -0.05) is 83.8 Å². The highest BCUT2D eigenvalue weighted by Crippen LogP contribution is 2.24. The summed E-state index contributed by atoms with van der Waals surface area (Å²) in [6.07, 6.45) is 25.2. The van der Waals surface area contributed by atoms with Gasteiger partial charge in [0, 0.05) is 6.42 Å². The van der Waals surface area contributed by atoms with Crippen LogP contribution >= 0.6 is 0 Å². The zero-order chi connectivity index (χ0) is 19.6. The summed E-state index contributed by atoms with van der Waals surface area (Å²) in [5.74, 6) is 0.862. The van der Waals surface area contributed by atoms with E-state index in [2.05, 4.69) is 31.0 Å². The maximum Gasteiger partial charge on any atom is 0.184 e. The van der Waals surface area contributed by atoms with Crippen LogP contribution in [0.3, 0.4) is 0 Å². The number of aliphatic imine (C=N–C) groups is 1. The number of hydrogen-bond acceptors (Lipinski definition) is 3. The number of rotatable bonds is 18. The van der Waals surface area contributed by atoms with E-state index in [4.69, 9.17) is 4.74 Å².